The summed E-state index contributed by atoms with van der Waals surface area (Å²) in [4.78, 5) is 32.1. The standard InChI is InChI=1S/C27H36N2O2S/c1-27(2,3)29(24(30)14-13-20-9-7-8-10-20)19-25(31)28-17-15-23-22(16-18-32-23)26(28)21-11-5-4-6-12-21/h4-6,11-12,16,18,20,26H,7-10,13-15,17,19H2,1-3H3. The normalized spacial score (nSPS) is 19.1. The number of carbonyl (C=O) groups excluding carboxylic acids is 2. The molecule has 0 spiro atoms. The van der Waals surface area contributed by atoms with Crippen molar-refractivity contribution in [1.82, 2.24) is 9.80 Å². The number of fused-ring (bicyclic) bond motifs is 1. The summed E-state index contributed by atoms with van der Waals surface area (Å²) in [7, 11) is 0. The Balaban J connectivity index is 1.52. The molecule has 4 rings (SSSR count). The Kier molecular flexibility index (Phi) is 7.04. The summed E-state index contributed by atoms with van der Waals surface area (Å²) in [6.45, 7) is 6.96. The maximum Gasteiger partial charge on any atom is 0.243 e. The van der Waals surface area contributed by atoms with Gasteiger partial charge in [-0.25, -0.2) is 0 Å². The molecule has 1 atom stereocenters. The van der Waals surface area contributed by atoms with Crippen LogP contribution in [0.5, 0.6) is 0 Å². The minimum Gasteiger partial charge on any atom is -0.330 e. The molecule has 2 aromatic rings. The van der Waals surface area contributed by atoms with Gasteiger partial charge in [0.1, 0.15) is 6.54 Å². The molecule has 2 amide bonds. The first kappa shape index (κ1) is 23.0. The Bertz CT molecular complexity index is 925. The van der Waals surface area contributed by atoms with Crippen molar-refractivity contribution >= 4 is 23.2 Å². The van der Waals surface area contributed by atoms with E-state index in [1.807, 2.05) is 48.8 Å². The molecule has 0 N–H and O–H groups in total. The van der Waals surface area contributed by atoms with Crippen LogP contribution in [-0.2, 0) is 16.0 Å². The SMILES string of the molecule is CC(C)(C)N(CC(=O)N1CCc2sccc2C1c1ccccc1)C(=O)CCC1CCCC1. The molecule has 2 aliphatic rings. The topological polar surface area (TPSA) is 40.6 Å². The number of rotatable bonds is 6. The Morgan fingerprint density at radius 1 is 1.09 bits per heavy atom. The zero-order valence-electron chi connectivity index (χ0n) is 19.7. The number of carbonyl (C=O) groups is 2. The minimum atomic E-state index is -0.381. The van der Waals surface area contributed by atoms with Crippen LogP contribution in [0, 0.1) is 5.92 Å². The van der Waals surface area contributed by atoms with Gasteiger partial charge in [0.15, 0.2) is 0 Å². The van der Waals surface area contributed by atoms with Gasteiger partial charge in [-0.3, -0.25) is 9.59 Å². The van der Waals surface area contributed by atoms with E-state index in [1.54, 1.807) is 11.3 Å². The molecule has 1 aromatic heterocycles. The molecule has 0 radical (unpaired) electrons. The lowest BCUT2D eigenvalue weighted by molar-refractivity contribution is -0.146. The van der Waals surface area contributed by atoms with Crippen molar-refractivity contribution in [2.45, 2.75) is 77.3 Å². The first-order valence-electron chi connectivity index (χ1n) is 12.1. The number of hydrogen-bond acceptors (Lipinski definition) is 3. The van der Waals surface area contributed by atoms with Gasteiger partial charge in [0.25, 0.3) is 0 Å². The molecular weight excluding hydrogens is 416 g/mol. The average Bonchev–Trinajstić information content (AvgIpc) is 3.46. The Morgan fingerprint density at radius 3 is 2.50 bits per heavy atom. The molecule has 0 bridgehead atoms. The fourth-order valence-corrected chi connectivity index (χ4v) is 6.17. The first-order chi connectivity index (χ1) is 15.3. The highest BCUT2D eigenvalue weighted by atomic mass is 32.1. The summed E-state index contributed by atoms with van der Waals surface area (Å²) in [5.74, 6) is 0.833. The van der Waals surface area contributed by atoms with Gasteiger partial charge >= 0.3 is 0 Å². The lowest BCUT2D eigenvalue weighted by atomic mass is 9.93. The van der Waals surface area contributed by atoms with E-state index in [9.17, 15) is 9.59 Å². The molecule has 1 unspecified atom stereocenters. The van der Waals surface area contributed by atoms with Crippen molar-refractivity contribution in [2.24, 2.45) is 5.92 Å². The minimum absolute atomic E-state index is 0.0415. The highest BCUT2D eigenvalue weighted by molar-refractivity contribution is 7.10. The summed E-state index contributed by atoms with van der Waals surface area (Å²) in [5, 5.41) is 2.13. The molecule has 32 heavy (non-hydrogen) atoms. The molecule has 2 heterocycles. The van der Waals surface area contributed by atoms with Gasteiger partial charge in [0.05, 0.1) is 6.04 Å². The third kappa shape index (κ3) is 5.09. The summed E-state index contributed by atoms with van der Waals surface area (Å²) in [6, 6.07) is 12.4. The van der Waals surface area contributed by atoms with Crippen LogP contribution in [0.3, 0.4) is 0 Å². The molecule has 5 heteroatoms. The van der Waals surface area contributed by atoms with Crippen LogP contribution in [0.1, 0.15) is 81.3 Å². The second kappa shape index (κ2) is 9.78. The highest BCUT2D eigenvalue weighted by Gasteiger charge is 2.36. The molecule has 0 saturated heterocycles. The molecular formula is C27H36N2O2S. The second-order valence-corrected chi connectivity index (χ2v) is 11.3. The predicted octanol–water partition coefficient (Wildman–Crippen LogP) is 5.82. The van der Waals surface area contributed by atoms with Gasteiger partial charge in [0.2, 0.25) is 11.8 Å². The van der Waals surface area contributed by atoms with Crippen LogP contribution in [0.15, 0.2) is 41.8 Å². The van der Waals surface area contributed by atoms with Crippen molar-refractivity contribution < 1.29 is 9.59 Å². The third-order valence-electron chi connectivity index (χ3n) is 7.05. The van der Waals surface area contributed by atoms with Crippen LogP contribution in [0.25, 0.3) is 0 Å². The van der Waals surface area contributed by atoms with E-state index in [0.29, 0.717) is 18.9 Å². The van der Waals surface area contributed by atoms with Crippen LogP contribution in [0.4, 0.5) is 0 Å². The van der Waals surface area contributed by atoms with Gasteiger partial charge < -0.3 is 9.80 Å². The number of thiophene rings is 1. The summed E-state index contributed by atoms with van der Waals surface area (Å²) in [6.07, 6.45) is 7.46. The molecule has 1 saturated carbocycles. The summed E-state index contributed by atoms with van der Waals surface area (Å²) >= 11 is 1.78. The van der Waals surface area contributed by atoms with Crippen molar-refractivity contribution in [3.63, 3.8) is 0 Å². The van der Waals surface area contributed by atoms with E-state index in [2.05, 4.69) is 23.6 Å². The number of amides is 2. The largest absolute Gasteiger partial charge is 0.330 e. The van der Waals surface area contributed by atoms with Crippen molar-refractivity contribution in [3.8, 4) is 0 Å². The average molecular weight is 453 g/mol. The lowest BCUT2D eigenvalue weighted by Crippen LogP contribution is -2.52. The second-order valence-electron chi connectivity index (χ2n) is 10.3. The number of benzene rings is 1. The monoisotopic (exact) mass is 452 g/mol. The maximum atomic E-state index is 13.7. The molecule has 1 aliphatic heterocycles. The predicted molar refractivity (Wildman–Crippen MR) is 131 cm³/mol. The van der Waals surface area contributed by atoms with Crippen LogP contribution >= 0.6 is 11.3 Å². The molecule has 1 aliphatic carbocycles. The zero-order valence-corrected chi connectivity index (χ0v) is 20.5. The molecule has 172 valence electrons. The molecule has 4 nitrogen and oxygen atoms in total. The van der Waals surface area contributed by atoms with Gasteiger partial charge in [-0.05, 0) is 62.1 Å². The molecule has 1 fully saturated rings. The lowest BCUT2D eigenvalue weighted by Gasteiger charge is -2.40. The van der Waals surface area contributed by atoms with Crippen LogP contribution < -0.4 is 0 Å². The van der Waals surface area contributed by atoms with Gasteiger partial charge in [-0.15, -0.1) is 11.3 Å². The number of hydrogen-bond donors (Lipinski definition) is 0. The fourth-order valence-electron chi connectivity index (χ4n) is 5.27. The smallest absolute Gasteiger partial charge is 0.243 e. The third-order valence-corrected chi connectivity index (χ3v) is 8.04. The first-order valence-corrected chi connectivity index (χ1v) is 12.9. The fraction of sp³-hybridized carbons (Fsp3) is 0.556. The van der Waals surface area contributed by atoms with E-state index in [4.69, 9.17) is 0 Å². The van der Waals surface area contributed by atoms with E-state index in [0.717, 1.165) is 18.4 Å². The summed E-state index contributed by atoms with van der Waals surface area (Å²) in [5.41, 5.74) is 1.99. The summed E-state index contributed by atoms with van der Waals surface area (Å²) < 4.78 is 0. The van der Waals surface area contributed by atoms with Gasteiger partial charge in [-0.1, -0.05) is 56.0 Å². The quantitative estimate of drug-likeness (QED) is 0.554. The van der Waals surface area contributed by atoms with E-state index >= 15 is 0 Å². The Hall–Kier alpha value is -2.14. The van der Waals surface area contributed by atoms with E-state index in [-0.39, 0.29) is 29.9 Å². The van der Waals surface area contributed by atoms with Gasteiger partial charge in [0, 0.05) is 23.4 Å². The Labute approximate surface area is 196 Å². The van der Waals surface area contributed by atoms with Crippen molar-refractivity contribution in [1.29, 1.82) is 0 Å². The maximum absolute atomic E-state index is 13.7. The molecule has 1 aromatic carbocycles. The van der Waals surface area contributed by atoms with Crippen molar-refractivity contribution in [3.05, 3.63) is 57.8 Å². The van der Waals surface area contributed by atoms with Crippen LogP contribution in [-0.4, -0.2) is 40.2 Å². The van der Waals surface area contributed by atoms with Crippen molar-refractivity contribution in [2.75, 3.05) is 13.1 Å². The highest BCUT2D eigenvalue weighted by Crippen LogP contribution is 2.38. The van der Waals surface area contributed by atoms with E-state index < -0.39 is 0 Å². The van der Waals surface area contributed by atoms with Gasteiger partial charge in [-0.2, -0.15) is 0 Å². The number of nitrogens with zero attached hydrogens (tertiary/aromatic N) is 2. The zero-order chi connectivity index (χ0) is 22.7. The Morgan fingerprint density at radius 2 is 1.81 bits per heavy atom. The van der Waals surface area contributed by atoms with E-state index in [1.165, 1.54) is 36.1 Å². The van der Waals surface area contributed by atoms with Crippen LogP contribution in [0.2, 0.25) is 0 Å².